The fourth-order valence-electron chi connectivity index (χ4n) is 2.58. The van der Waals surface area contributed by atoms with Crippen LogP contribution in [-0.2, 0) is 9.59 Å². The molecule has 0 aliphatic heterocycles. The van der Waals surface area contributed by atoms with Crippen molar-refractivity contribution >= 4 is 40.5 Å². The Morgan fingerprint density at radius 2 is 1.43 bits per heavy atom. The van der Waals surface area contributed by atoms with E-state index in [2.05, 4.69) is 21.3 Å². The van der Waals surface area contributed by atoms with Crippen molar-refractivity contribution in [3.63, 3.8) is 0 Å². The Balaban J connectivity index is 1.50. The van der Waals surface area contributed by atoms with Gasteiger partial charge in [-0.05, 0) is 54.6 Å². The molecule has 0 unspecified atom stereocenters. The number of rotatable bonds is 8. The summed E-state index contributed by atoms with van der Waals surface area (Å²) in [6.07, 6.45) is 1.83. The third-order valence-electron chi connectivity index (χ3n) is 4.09. The molecule has 30 heavy (non-hydrogen) atoms. The second kappa shape index (κ2) is 9.92. The van der Waals surface area contributed by atoms with E-state index >= 15 is 0 Å². The van der Waals surface area contributed by atoms with Gasteiger partial charge in [-0.25, -0.2) is 0 Å². The molecule has 0 spiro atoms. The number of anilines is 4. The summed E-state index contributed by atoms with van der Waals surface area (Å²) in [5.74, 6) is -0.469. The first-order valence-corrected chi connectivity index (χ1v) is 9.42. The van der Waals surface area contributed by atoms with Crippen LogP contribution < -0.4 is 21.3 Å². The molecule has 3 aromatic rings. The van der Waals surface area contributed by atoms with Crippen LogP contribution in [0.2, 0.25) is 0 Å². The lowest BCUT2D eigenvalue weighted by atomic mass is 10.2. The number of carbonyl (C=O) groups is 3. The van der Waals surface area contributed by atoms with Gasteiger partial charge in [0.05, 0.1) is 12.8 Å². The lowest BCUT2D eigenvalue weighted by Gasteiger charge is -2.10. The van der Waals surface area contributed by atoms with E-state index in [9.17, 15) is 14.4 Å². The number of amides is 3. The van der Waals surface area contributed by atoms with Gasteiger partial charge >= 0.3 is 0 Å². The average Bonchev–Trinajstić information content (AvgIpc) is 3.28. The summed E-state index contributed by atoms with van der Waals surface area (Å²) in [5.41, 5.74) is 2.54. The Morgan fingerprint density at radius 3 is 2.10 bits per heavy atom. The summed E-state index contributed by atoms with van der Waals surface area (Å²) in [6, 6.07) is 17.1. The smallest absolute Gasteiger partial charge is 0.291 e. The predicted octanol–water partition coefficient (Wildman–Crippen LogP) is 3.93. The number of carbonyl (C=O) groups excluding carboxylic acids is 3. The quantitative estimate of drug-likeness (QED) is 0.453. The van der Waals surface area contributed by atoms with E-state index in [-0.39, 0.29) is 30.0 Å². The Hall–Kier alpha value is -4.07. The van der Waals surface area contributed by atoms with Crippen molar-refractivity contribution in [1.82, 2.24) is 0 Å². The first kappa shape index (κ1) is 20.7. The van der Waals surface area contributed by atoms with Gasteiger partial charge in [-0.2, -0.15) is 0 Å². The molecule has 3 rings (SSSR count). The molecule has 3 amide bonds. The summed E-state index contributed by atoms with van der Waals surface area (Å²) in [5, 5.41) is 11.3. The second-order valence-electron chi connectivity index (χ2n) is 6.39. The van der Waals surface area contributed by atoms with Gasteiger partial charge in [0.15, 0.2) is 5.76 Å². The number of nitrogens with one attached hydrogen (secondary N) is 4. The Labute approximate surface area is 173 Å². The van der Waals surface area contributed by atoms with E-state index < -0.39 is 0 Å². The molecule has 1 heterocycles. The fourth-order valence-corrected chi connectivity index (χ4v) is 2.58. The Bertz CT molecular complexity index is 1010. The van der Waals surface area contributed by atoms with E-state index in [0.717, 1.165) is 5.69 Å². The standard InChI is InChI=1S/C22H22N4O4/c1-2-20(27)24-16-10-8-15(9-11-16)23-14-21(28)25-17-5-3-6-18(13-17)26-22(29)19-7-4-12-30-19/h3-13,23H,2,14H2,1H3,(H,24,27)(H,25,28)(H,26,29). The summed E-state index contributed by atoms with van der Waals surface area (Å²) in [6.45, 7) is 1.84. The van der Waals surface area contributed by atoms with Crippen molar-refractivity contribution in [1.29, 1.82) is 0 Å². The predicted molar refractivity (Wildman–Crippen MR) is 116 cm³/mol. The van der Waals surface area contributed by atoms with Gasteiger partial charge in [0, 0.05) is 29.2 Å². The van der Waals surface area contributed by atoms with Gasteiger partial charge in [-0.1, -0.05) is 13.0 Å². The van der Waals surface area contributed by atoms with Gasteiger partial charge in [-0.15, -0.1) is 0 Å². The SMILES string of the molecule is CCC(=O)Nc1ccc(NCC(=O)Nc2cccc(NC(=O)c3ccco3)c2)cc1. The monoisotopic (exact) mass is 406 g/mol. The van der Waals surface area contributed by atoms with Crippen molar-refractivity contribution < 1.29 is 18.8 Å². The largest absolute Gasteiger partial charge is 0.459 e. The van der Waals surface area contributed by atoms with Crippen LogP contribution >= 0.6 is 0 Å². The molecule has 0 aliphatic rings. The summed E-state index contributed by atoms with van der Waals surface area (Å²) in [7, 11) is 0. The van der Waals surface area contributed by atoms with E-state index in [4.69, 9.17) is 4.42 Å². The van der Waals surface area contributed by atoms with E-state index in [1.807, 2.05) is 0 Å². The minimum atomic E-state index is -0.372. The van der Waals surface area contributed by atoms with E-state index in [1.165, 1.54) is 6.26 Å². The molecule has 0 aliphatic carbocycles. The van der Waals surface area contributed by atoms with Gasteiger partial charge in [0.25, 0.3) is 5.91 Å². The normalized spacial score (nSPS) is 10.2. The molecule has 2 aromatic carbocycles. The maximum Gasteiger partial charge on any atom is 0.291 e. The van der Waals surface area contributed by atoms with Gasteiger partial charge < -0.3 is 25.7 Å². The summed E-state index contributed by atoms with van der Waals surface area (Å²) in [4.78, 5) is 35.7. The summed E-state index contributed by atoms with van der Waals surface area (Å²) < 4.78 is 5.06. The summed E-state index contributed by atoms with van der Waals surface area (Å²) >= 11 is 0. The maximum absolute atomic E-state index is 12.2. The maximum atomic E-state index is 12.2. The van der Waals surface area contributed by atoms with E-state index in [1.54, 1.807) is 67.6 Å². The van der Waals surface area contributed by atoms with Crippen molar-refractivity contribution in [3.8, 4) is 0 Å². The number of furan rings is 1. The molecule has 0 bridgehead atoms. The Kier molecular flexibility index (Phi) is 6.83. The molecule has 8 nitrogen and oxygen atoms in total. The molecule has 0 radical (unpaired) electrons. The zero-order valence-electron chi connectivity index (χ0n) is 16.4. The van der Waals surface area contributed by atoms with Crippen LogP contribution in [0, 0.1) is 0 Å². The average molecular weight is 406 g/mol. The highest BCUT2D eigenvalue weighted by Gasteiger charge is 2.09. The Morgan fingerprint density at radius 1 is 0.767 bits per heavy atom. The van der Waals surface area contributed by atoms with Crippen LogP contribution in [-0.4, -0.2) is 24.3 Å². The second-order valence-corrected chi connectivity index (χ2v) is 6.39. The van der Waals surface area contributed by atoms with Gasteiger partial charge in [0.2, 0.25) is 11.8 Å². The lowest BCUT2D eigenvalue weighted by Crippen LogP contribution is -2.21. The van der Waals surface area contributed by atoms with Crippen molar-refractivity contribution in [2.45, 2.75) is 13.3 Å². The fraction of sp³-hybridized carbons (Fsp3) is 0.136. The molecular weight excluding hydrogens is 384 g/mol. The molecule has 0 saturated heterocycles. The molecule has 0 saturated carbocycles. The minimum absolute atomic E-state index is 0.0577. The van der Waals surface area contributed by atoms with Crippen LogP contribution in [0.4, 0.5) is 22.7 Å². The third kappa shape index (κ3) is 5.96. The number of hydrogen-bond donors (Lipinski definition) is 4. The van der Waals surface area contributed by atoms with Crippen molar-refractivity contribution in [2.24, 2.45) is 0 Å². The number of benzene rings is 2. The molecule has 4 N–H and O–H groups in total. The third-order valence-corrected chi connectivity index (χ3v) is 4.09. The molecule has 8 heteroatoms. The molecule has 0 atom stereocenters. The van der Waals surface area contributed by atoms with Crippen LogP contribution in [0.25, 0.3) is 0 Å². The van der Waals surface area contributed by atoms with E-state index in [0.29, 0.717) is 23.5 Å². The minimum Gasteiger partial charge on any atom is -0.459 e. The molecule has 154 valence electrons. The zero-order valence-corrected chi connectivity index (χ0v) is 16.4. The highest BCUT2D eigenvalue weighted by molar-refractivity contribution is 6.03. The van der Waals surface area contributed by atoms with Gasteiger partial charge in [0.1, 0.15) is 0 Å². The van der Waals surface area contributed by atoms with Crippen LogP contribution in [0.3, 0.4) is 0 Å². The zero-order chi connectivity index (χ0) is 21.3. The van der Waals surface area contributed by atoms with Crippen molar-refractivity contribution in [3.05, 3.63) is 72.7 Å². The topological polar surface area (TPSA) is 112 Å². The number of hydrogen-bond acceptors (Lipinski definition) is 5. The molecular formula is C22H22N4O4. The van der Waals surface area contributed by atoms with Crippen LogP contribution in [0.5, 0.6) is 0 Å². The van der Waals surface area contributed by atoms with Crippen LogP contribution in [0.15, 0.2) is 71.3 Å². The molecule has 0 fully saturated rings. The highest BCUT2D eigenvalue weighted by Crippen LogP contribution is 2.17. The first-order chi connectivity index (χ1) is 14.5. The molecule has 1 aromatic heterocycles. The first-order valence-electron chi connectivity index (χ1n) is 9.42. The van der Waals surface area contributed by atoms with Gasteiger partial charge in [-0.3, -0.25) is 14.4 Å². The lowest BCUT2D eigenvalue weighted by molar-refractivity contribution is -0.116. The highest BCUT2D eigenvalue weighted by atomic mass is 16.3. The van der Waals surface area contributed by atoms with Crippen LogP contribution in [0.1, 0.15) is 23.9 Å². The van der Waals surface area contributed by atoms with Crippen molar-refractivity contribution in [2.75, 3.05) is 27.8 Å².